The molecule has 5 heteroatoms. The van der Waals surface area contributed by atoms with Crippen LogP contribution in [0.25, 0.3) is 0 Å². The summed E-state index contributed by atoms with van der Waals surface area (Å²) in [6, 6.07) is 28.1. The lowest BCUT2D eigenvalue weighted by Crippen LogP contribution is -2.45. The number of hydrogen-bond donors (Lipinski definition) is 1. The summed E-state index contributed by atoms with van der Waals surface area (Å²) in [4.78, 5) is 26.1. The van der Waals surface area contributed by atoms with E-state index < -0.39 is 29.6 Å². The highest BCUT2D eigenvalue weighted by atomic mass is 16.6. The second kappa shape index (κ2) is 11.3. The molecule has 3 aromatic rings. The number of esters is 1. The molecule has 0 heterocycles. The van der Waals surface area contributed by atoms with Gasteiger partial charge in [0.1, 0.15) is 18.1 Å². The topological polar surface area (TPSA) is 64.6 Å². The van der Waals surface area contributed by atoms with Crippen LogP contribution < -0.4 is 5.32 Å². The number of amides is 1. The van der Waals surface area contributed by atoms with E-state index in [4.69, 9.17) is 9.47 Å². The Labute approximate surface area is 195 Å². The van der Waals surface area contributed by atoms with E-state index in [0.29, 0.717) is 6.42 Å². The highest BCUT2D eigenvalue weighted by Crippen LogP contribution is 2.27. The van der Waals surface area contributed by atoms with Crippen LogP contribution in [-0.2, 0) is 27.3 Å². The van der Waals surface area contributed by atoms with Gasteiger partial charge in [0.25, 0.3) is 0 Å². The molecule has 0 saturated heterocycles. The molecular formula is C28H31NO4. The van der Waals surface area contributed by atoms with E-state index in [1.165, 1.54) is 0 Å². The molecule has 0 saturated carbocycles. The first-order valence-electron chi connectivity index (χ1n) is 11.1. The van der Waals surface area contributed by atoms with Crippen LogP contribution in [0.1, 0.15) is 43.4 Å². The lowest BCUT2D eigenvalue weighted by atomic mass is 9.87. The van der Waals surface area contributed by atoms with Crippen molar-refractivity contribution in [2.45, 2.75) is 51.4 Å². The SMILES string of the molecule is CC(C)(C)OC(=O)[C@@H](c1ccccc1)[C@H](Cc1ccccc1)NC(=O)OCc1ccccc1. The Morgan fingerprint density at radius 3 is 1.85 bits per heavy atom. The molecule has 2 atom stereocenters. The third-order valence-corrected chi connectivity index (χ3v) is 5.04. The fraction of sp³-hybridized carbons (Fsp3) is 0.286. The maximum absolute atomic E-state index is 13.3. The molecule has 172 valence electrons. The van der Waals surface area contributed by atoms with E-state index in [0.717, 1.165) is 16.7 Å². The number of carbonyl (C=O) groups is 2. The van der Waals surface area contributed by atoms with Crippen LogP contribution in [0.2, 0.25) is 0 Å². The lowest BCUT2D eigenvalue weighted by Gasteiger charge is -2.30. The van der Waals surface area contributed by atoms with Gasteiger partial charge < -0.3 is 14.8 Å². The minimum atomic E-state index is -0.699. The van der Waals surface area contributed by atoms with Crippen LogP contribution in [0, 0.1) is 0 Å². The van der Waals surface area contributed by atoms with Crippen LogP contribution in [0.4, 0.5) is 4.79 Å². The zero-order valence-corrected chi connectivity index (χ0v) is 19.4. The van der Waals surface area contributed by atoms with Crippen LogP contribution in [0.5, 0.6) is 0 Å². The van der Waals surface area contributed by atoms with Crippen LogP contribution in [0.3, 0.4) is 0 Å². The molecule has 0 spiro atoms. The molecule has 0 aliphatic rings. The molecule has 0 fully saturated rings. The zero-order chi connectivity index (χ0) is 23.7. The molecule has 33 heavy (non-hydrogen) atoms. The number of benzene rings is 3. The number of carbonyl (C=O) groups excluding carboxylic acids is 2. The standard InChI is InChI=1S/C28H31NO4/c1-28(2,3)33-26(30)25(23-17-11-6-12-18-23)24(19-21-13-7-4-8-14-21)29-27(31)32-20-22-15-9-5-10-16-22/h4-18,24-25H,19-20H2,1-3H3,(H,29,31)/t24-,25-/m0/s1. The molecule has 1 amide bonds. The van der Waals surface area contributed by atoms with E-state index in [2.05, 4.69) is 5.32 Å². The minimum absolute atomic E-state index is 0.146. The minimum Gasteiger partial charge on any atom is -0.459 e. The van der Waals surface area contributed by atoms with Gasteiger partial charge in [-0.1, -0.05) is 91.0 Å². The molecule has 0 aromatic heterocycles. The van der Waals surface area contributed by atoms with Crippen molar-refractivity contribution in [1.29, 1.82) is 0 Å². The van der Waals surface area contributed by atoms with Gasteiger partial charge in [-0.05, 0) is 43.9 Å². The summed E-state index contributed by atoms with van der Waals surface area (Å²) in [7, 11) is 0. The molecule has 3 rings (SSSR count). The first-order chi connectivity index (χ1) is 15.8. The van der Waals surface area contributed by atoms with Crippen molar-refractivity contribution in [3.8, 4) is 0 Å². The van der Waals surface area contributed by atoms with Gasteiger partial charge in [-0.2, -0.15) is 0 Å². The number of ether oxygens (including phenoxy) is 2. The second-order valence-electron chi connectivity index (χ2n) is 8.92. The number of hydrogen-bond acceptors (Lipinski definition) is 4. The monoisotopic (exact) mass is 445 g/mol. The van der Waals surface area contributed by atoms with Crippen molar-refractivity contribution in [3.05, 3.63) is 108 Å². The van der Waals surface area contributed by atoms with E-state index >= 15 is 0 Å². The van der Waals surface area contributed by atoms with Crippen molar-refractivity contribution in [2.75, 3.05) is 0 Å². The van der Waals surface area contributed by atoms with Gasteiger partial charge in [-0.3, -0.25) is 4.79 Å². The van der Waals surface area contributed by atoms with E-state index in [9.17, 15) is 9.59 Å². The first kappa shape index (κ1) is 24.1. The molecule has 5 nitrogen and oxygen atoms in total. The van der Waals surface area contributed by atoms with Crippen LogP contribution in [0.15, 0.2) is 91.0 Å². The molecule has 1 N–H and O–H groups in total. The summed E-state index contributed by atoms with van der Waals surface area (Å²) in [6.07, 6.45) is -0.135. The Morgan fingerprint density at radius 1 is 0.788 bits per heavy atom. The molecular weight excluding hydrogens is 414 g/mol. The Morgan fingerprint density at radius 2 is 1.30 bits per heavy atom. The van der Waals surface area contributed by atoms with Crippen molar-refractivity contribution in [1.82, 2.24) is 5.32 Å². The van der Waals surface area contributed by atoms with Crippen molar-refractivity contribution in [3.63, 3.8) is 0 Å². The highest BCUT2D eigenvalue weighted by molar-refractivity contribution is 5.81. The zero-order valence-electron chi connectivity index (χ0n) is 19.4. The fourth-order valence-electron chi connectivity index (χ4n) is 3.59. The van der Waals surface area contributed by atoms with E-state index in [1.54, 1.807) is 0 Å². The number of rotatable bonds is 8. The summed E-state index contributed by atoms with van der Waals surface area (Å²) in [5.41, 5.74) is 2.00. The fourth-order valence-corrected chi connectivity index (χ4v) is 3.59. The van der Waals surface area contributed by atoms with Crippen molar-refractivity contribution >= 4 is 12.1 Å². The van der Waals surface area contributed by atoms with Crippen molar-refractivity contribution < 1.29 is 19.1 Å². The molecule has 0 unspecified atom stereocenters. The first-order valence-corrected chi connectivity index (χ1v) is 11.1. The van der Waals surface area contributed by atoms with Gasteiger partial charge in [0.05, 0.1) is 6.04 Å². The average Bonchev–Trinajstić information content (AvgIpc) is 2.79. The molecule has 0 radical (unpaired) electrons. The van der Waals surface area contributed by atoms with Gasteiger partial charge in [0, 0.05) is 0 Å². The van der Waals surface area contributed by atoms with E-state index in [1.807, 2.05) is 112 Å². The van der Waals surface area contributed by atoms with Gasteiger partial charge in [0.15, 0.2) is 0 Å². The van der Waals surface area contributed by atoms with E-state index in [-0.39, 0.29) is 6.61 Å². The normalized spacial score (nSPS) is 12.9. The van der Waals surface area contributed by atoms with Gasteiger partial charge in [-0.15, -0.1) is 0 Å². The summed E-state index contributed by atoms with van der Waals surface area (Å²) in [6.45, 7) is 5.65. The summed E-state index contributed by atoms with van der Waals surface area (Å²) in [5, 5.41) is 2.94. The smallest absolute Gasteiger partial charge is 0.407 e. The Kier molecular flexibility index (Phi) is 8.25. The molecule has 3 aromatic carbocycles. The predicted octanol–water partition coefficient (Wildman–Crippen LogP) is 5.65. The average molecular weight is 446 g/mol. The number of alkyl carbamates (subject to hydrolysis) is 1. The lowest BCUT2D eigenvalue weighted by molar-refractivity contribution is -0.157. The Balaban J connectivity index is 1.86. The Bertz CT molecular complexity index is 1010. The van der Waals surface area contributed by atoms with Gasteiger partial charge >= 0.3 is 12.1 Å². The van der Waals surface area contributed by atoms with Crippen LogP contribution in [-0.4, -0.2) is 23.7 Å². The van der Waals surface area contributed by atoms with Gasteiger partial charge in [0.2, 0.25) is 0 Å². The Hall–Kier alpha value is -3.60. The van der Waals surface area contributed by atoms with Crippen molar-refractivity contribution in [2.24, 2.45) is 0 Å². The highest BCUT2D eigenvalue weighted by Gasteiger charge is 2.35. The molecule has 0 aliphatic heterocycles. The largest absolute Gasteiger partial charge is 0.459 e. The third-order valence-electron chi connectivity index (χ3n) is 5.04. The quantitative estimate of drug-likeness (QED) is 0.455. The summed E-state index contributed by atoms with van der Waals surface area (Å²) in [5.74, 6) is -1.09. The predicted molar refractivity (Wildman–Crippen MR) is 129 cm³/mol. The summed E-state index contributed by atoms with van der Waals surface area (Å²) < 4.78 is 11.2. The maximum atomic E-state index is 13.3. The number of nitrogens with one attached hydrogen (secondary N) is 1. The summed E-state index contributed by atoms with van der Waals surface area (Å²) >= 11 is 0. The second-order valence-corrected chi connectivity index (χ2v) is 8.92. The third kappa shape index (κ3) is 7.79. The maximum Gasteiger partial charge on any atom is 0.407 e. The molecule has 0 bridgehead atoms. The van der Waals surface area contributed by atoms with Gasteiger partial charge in [-0.25, -0.2) is 4.79 Å². The molecule has 0 aliphatic carbocycles. The van der Waals surface area contributed by atoms with Crippen LogP contribution >= 0.6 is 0 Å².